The van der Waals surface area contributed by atoms with Crippen molar-refractivity contribution >= 4 is 17.6 Å². The number of hydrogen-bond acceptors (Lipinski definition) is 2. The van der Waals surface area contributed by atoms with Gasteiger partial charge in [0.25, 0.3) is 0 Å². The van der Waals surface area contributed by atoms with Crippen LogP contribution in [0.5, 0.6) is 0 Å². The van der Waals surface area contributed by atoms with Gasteiger partial charge < -0.3 is 5.11 Å². The van der Waals surface area contributed by atoms with Crippen LogP contribution in [0.4, 0.5) is 4.39 Å². The largest absolute Gasteiger partial charge is 0.476 e. The molecule has 0 amide bonds. The van der Waals surface area contributed by atoms with Crippen LogP contribution in [0.25, 0.3) is 0 Å². The van der Waals surface area contributed by atoms with E-state index < -0.39 is 17.5 Å². The molecule has 1 N–H and O–H groups in total. The van der Waals surface area contributed by atoms with E-state index in [0.29, 0.717) is 0 Å². The molecule has 3 nitrogen and oxygen atoms in total. The summed E-state index contributed by atoms with van der Waals surface area (Å²) in [5, 5.41) is 8.09. The van der Waals surface area contributed by atoms with Crippen LogP contribution in [-0.2, 0) is 0 Å². The van der Waals surface area contributed by atoms with E-state index >= 15 is 0 Å². The van der Waals surface area contributed by atoms with Crippen LogP contribution in [-0.4, -0.2) is 16.1 Å². The number of carboxylic acid groups (broad SMARTS) is 1. The minimum atomic E-state index is -1.43. The molecule has 0 aliphatic rings. The minimum Gasteiger partial charge on any atom is -0.476 e. The lowest BCUT2D eigenvalue weighted by molar-refractivity contribution is 0.0685. The molecule has 0 saturated heterocycles. The topological polar surface area (TPSA) is 50.2 Å². The van der Waals surface area contributed by atoms with Gasteiger partial charge in [0, 0.05) is 6.20 Å². The lowest BCUT2D eigenvalue weighted by Crippen LogP contribution is -2.03. The van der Waals surface area contributed by atoms with Crippen LogP contribution >= 0.6 is 11.6 Å². The fourth-order valence-corrected chi connectivity index (χ4v) is 0.715. The maximum atomic E-state index is 12.7. The standard InChI is InChI=1S/C6H3ClFNO2/c7-3-1-2-9-5(4(3)8)6(10)11/h1-2H,(H,10,11). The molecule has 0 radical (unpaired) electrons. The molecule has 1 rings (SSSR count). The van der Waals surface area contributed by atoms with Crippen LogP contribution in [0.3, 0.4) is 0 Å². The van der Waals surface area contributed by atoms with Gasteiger partial charge in [-0.15, -0.1) is 0 Å². The van der Waals surface area contributed by atoms with E-state index in [9.17, 15) is 9.18 Å². The number of aromatic nitrogens is 1. The molecular weight excluding hydrogens is 173 g/mol. The summed E-state index contributed by atoms with van der Waals surface area (Å²) >= 11 is 5.28. The Morgan fingerprint density at radius 3 is 2.82 bits per heavy atom. The van der Waals surface area contributed by atoms with Crippen molar-refractivity contribution in [3.8, 4) is 0 Å². The predicted molar refractivity (Wildman–Crippen MR) is 36.2 cm³/mol. The van der Waals surface area contributed by atoms with E-state index in [2.05, 4.69) is 4.98 Å². The second-order valence-electron chi connectivity index (χ2n) is 1.76. The SMILES string of the molecule is O=C(O)c1nccc(Cl)c1F. The zero-order chi connectivity index (χ0) is 8.43. The molecule has 0 bridgehead atoms. The highest BCUT2D eigenvalue weighted by molar-refractivity contribution is 6.31. The van der Waals surface area contributed by atoms with Crippen molar-refractivity contribution in [1.82, 2.24) is 4.98 Å². The molecule has 0 atom stereocenters. The number of rotatable bonds is 1. The van der Waals surface area contributed by atoms with Gasteiger partial charge >= 0.3 is 5.97 Å². The number of nitrogens with zero attached hydrogens (tertiary/aromatic N) is 1. The number of carboxylic acids is 1. The maximum Gasteiger partial charge on any atom is 0.357 e. The second-order valence-corrected chi connectivity index (χ2v) is 2.17. The third-order valence-corrected chi connectivity index (χ3v) is 1.34. The molecule has 1 heterocycles. The van der Waals surface area contributed by atoms with Gasteiger partial charge in [0.15, 0.2) is 11.5 Å². The van der Waals surface area contributed by atoms with Crippen LogP contribution < -0.4 is 0 Å². The number of hydrogen-bond donors (Lipinski definition) is 1. The summed E-state index contributed by atoms with van der Waals surface area (Å²) in [7, 11) is 0. The molecular formula is C6H3ClFNO2. The smallest absolute Gasteiger partial charge is 0.357 e. The Kier molecular flexibility index (Phi) is 2.05. The van der Waals surface area contributed by atoms with Gasteiger partial charge in [-0.2, -0.15) is 0 Å². The summed E-state index contributed by atoms with van der Waals surface area (Å²) in [6.45, 7) is 0. The first-order valence-corrected chi connectivity index (χ1v) is 3.04. The Hall–Kier alpha value is -1.16. The number of carbonyl (C=O) groups is 1. The highest BCUT2D eigenvalue weighted by atomic mass is 35.5. The summed E-state index contributed by atoms with van der Waals surface area (Å²) in [6, 6.07) is 1.18. The Morgan fingerprint density at radius 1 is 1.73 bits per heavy atom. The third-order valence-electron chi connectivity index (χ3n) is 1.04. The average Bonchev–Trinajstić information content (AvgIpc) is 1.94. The number of halogens is 2. The lowest BCUT2D eigenvalue weighted by atomic mass is 10.3. The summed E-state index contributed by atoms with van der Waals surface area (Å²) in [5.41, 5.74) is -0.655. The molecule has 0 saturated carbocycles. The first kappa shape index (κ1) is 7.94. The molecule has 11 heavy (non-hydrogen) atoms. The zero-order valence-electron chi connectivity index (χ0n) is 5.21. The first-order valence-electron chi connectivity index (χ1n) is 2.66. The van der Waals surface area contributed by atoms with Gasteiger partial charge in [-0.1, -0.05) is 11.6 Å². The van der Waals surface area contributed by atoms with Crippen molar-refractivity contribution in [3.05, 3.63) is 28.8 Å². The van der Waals surface area contributed by atoms with Gasteiger partial charge in [0.05, 0.1) is 5.02 Å². The predicted octanol–water partition coefficient (Wildman–Crippen LogP) is 1.57. The van der Waals surface area contributed by atoms with Crippen LogP contribution in [0.2, 0.25) is 5.02 Å². The fraction of sp³-hybridized carbons (Fsp3) is 0. The number of pyridine rings is 1. The fourth-order valence-electron chi connectivity index (χ4n) is 0.569. The van der Waals surface area contributed by atoms with Gasteiger partial charge in [-0.3, -0.25) is 0 Å². The third kappa shape index (κ3) is 1.46. The van der Waals surface area contributed by atoms with Crippen molar-refractivity contribution < 1.29 is 14.3 Å². The van der Waals surface area contributed by atoms with Crippen LogP contribution in [0.15, 0.2) is 12.3 Å². The molecule has 0 spiro atoms. The molecule has 0 aliphatic carbocycles. The van der Waals surface area contributed by atoms with Gasteiger partial charge in [0.1, 0.15) is 0 Å². The monoisotopic (exact) mass is 175 g/mol. The van der Waals surface area contributed by atoms with Crippen LogP contribution in [0.1, 0.15) is 10.5 Å². The molecule has 0 unspecified atom stereocenters. The number of aromatic carboxylic acids is 1. The van der Waals surface area contributed by atoms with Crippen molar-refractivity contribution in [2.24, 2.45) is 0 Å². The van der Waals surface area contributed by atoms with Crippen LogP contribution in [0, 0.1) is 5.82 Å². The Morgan fingerprint density at radius 2 is 2.36 bits per heavy atom. The molecule has 58 valence electrons. The Balaban J connectivity index is 3.27. The summed E-state index contributed by atoms with van der Waals surface area (Å²) in [5.74, 6) is -2.42. The van der Waals surface area contributed by atoms with Gasteiger partial charge in [0.2, 0.25) is 0 Å². The van der Waals surface area contributed by atoms with E-state index in [1.165, 1.54) is 6.07 Å². The van der Waals surface area contributed by atoms with Crippen molar-refractivity contribution in [2.45, 2.75) is 0 Å². The molecule has 1 aromatic heterocycles. The van der Waals surface area contributed by atoms with E-state index in [1.807, 2.05) is 0 Å². The molecule has 5 heteroatoms. The molecule has 0 fully saturated rings. The van der Waals surface area contributed by atoms with Crippen molar-refractivity contribution in [1.29, 1.82) is 0 Å². The summed E-state index contributed by atoms with van der Waals surface area (Å²) < 4.78 is 12.7. The zero-order valence-corrected chi connectivity index (χ0v) is 5.97. The highest BCUT2D eigenvalue weighted by Crippen LogP contribution is 2.14. The van der Waals surface area contributed by atoms with Crippen molar-refractivity contribution in [3.63, 3.8) is 0 Å². The normalized spacial score (nSPS) is 9.64. The van der Waals surface area contributed by atoms with Crippen molar-refractivity contribution in [2.75, 3.05) is 0 Å². The van der Waals surface area contributed by atoms with E-state index in [1.54, 1.807) is 0 Å². The van der Waals surface area contributed by atoms with E-state index in [-0.39, 0.29) is 5.02 Å². The van der Waals surface area contributed by atoms with Gasteiger partial charge in [-0.05, 0) is 6.07 Å². The van der Waals surface area contributed by atoms with E-state index in [0.717, 1.165) is 6.20 Å². The summed E-state index contributed by atoms with van der Waals surface area (Å²) in [4.78, 5) is 13.5. The summed E-state index contributed by atoms with van der Waals surface area (Å²) in [6.07, 6.45) is 1.13. The highest BCUT2D eigenvalue weighted by Gasteiger charge is 2.13. The maximum absolute atomic E-state index is 12.7. The molecule has 0 aromatic carbocycles. The Bertz CT molecular complexity index is 303. The Labute approximate surface area is 66.4 Å². The quantitative estimate of drug-likeness (QED) is 0.705. The molecule has 0 aliphatic heterocycles. The van der Waals surface area contributed by atoms with Gasteiger partial charge in [-0.25, -0.2) is 14.2 Å². The second kappa shape index (κ2) is 2.84. The lowest BCUT2D eigenvalue weighted by Gasteiger charge is -1.95. The van der Waals surface area contributed by atoms with E-state index in [4.69, 9.17) is 16.7 Å². The first-order chi connectivity index (χ1) is 5.13. The minimum absolute atomic E-state index is 0.239. The average molecular weight is 176 g/mol. The molecule has 1 aromatic rings.